The average Bonchev–Trinajstić information content (AvgIpc) is 3.94. The number of rotatable bonds is 15. The van der Waals surface area contributed by atoms with Gasteiger partial charge in [0.25, 0.3) is 5.91 Å². The maximum absolute atomic E-state index is 12.9. The van der Waals surface area contributed by atoms with Gasteiger partial charge in [-0.25, -0.2) is 4.79 Å². The quantitative estimate of drug-likeness (QED) is 0.117. The predicted molar refractivity (Wildman–Crippen MR) is 188 cm³/mol. The van der Waals surface area contributed by atoms with Crippen LogP contribution in [0.25, 0.3) is 0 Å². The fourth-order valence-electron chi connectivity index (χ4n) is 6.13. The van der Waals surface area contributed by atoms with Gasteiger partial charge in [0.1, 0.15) is 6.04 Å². The van der Waals surface area contributed by atoms with Gasteiger partial charge in [0.05, 0.1) is 5.54 Å². The van der Waals surface area contributed by atoms with Crippen molar-refractivity contribution in [2.24, 2.45) is 16.7 Å². The van der Waals surface area contributed by atoms with E-state index in [1.54, 1.807) is 12.1 Å². The van der Waals surface area contributed by atoms with Gasteiger partial charge >= 0.3 is 30.0 Å². The highest BCUT2D eigenvalue weighted by molar-refractivity contribution is 6.35. The predicted octanol–water partition coefficient (Wildman–Crippen LogP) is 4.80. The van der Waals surface area contributed by atoms with E-state index in [9.17, 15) is 37.5 Å². The van der Waals surface area contributed by atoms with E-state index in [1.807, 2.05) is 12.1 Å². The van der Waals surface area contributed by atoms with Gasteiger partial charge in [-0.2, -0.15) is 28.1 Å². The molecule has 1 heterocycles. The number of nitrogens with one attached hydrogen (secondary N) is 5. The molecule has 5 rings (SSSR count). The topological polar surface area (TPSA) is 197 Å². The van der Waals surface area contributed by atoms with Crippen LogP contribution in [0.15, 0.2) is 48.5 Å². The Hall–Kier alpha value is -5.19. The van der Waals surface area contributed by atoms with Crippen LogP contribution in [0.5, 0.6) is 6.01 Å². The summed E-state index contributed by atoms with van der Waals surface area (Å²) in [5.41, 5.74) is 0.802. The van der Waals surface area contributed by atoms with Gasteiger partial charge in [-0.15, -0.1) is 0 Å². The number of carboxylic acid groups (broad SMARTS) is 1. The molecule has 6 N–H and O–H groups in total. The summed E-state index contributed by atoms with van der Waals surface area (Å²) in [5, 5.41) is 23.6. The van der Waals surface area contributed by atoms with Gasteiger partial charge in [0.2, 0.25) is 11.9 Å². The summed E-state index contributed by atoms with van der Waals surface area (Å²) in [7, 11) is 0. The number of alkyl halides is 3. The molecule has 2 fully saturated rings. The van der Waals surface area contributed by atoms with Gasteiger partial charge in [-0.05, 0) is 78.0 Å². The summed E-state index contributed by atoms with van der Waals surface area (Å²) < 4.78 is 43.6. The van der Waals surface area contributed by atoms with Crippen LogP contribution in [0.2, 0.25) is 5.02 Å². The van der Waals surface area contributed by atoms with Crippen molar-refractivity contribution in [1.82, 2.24) is 30.9 Å². The highest BCUT2D eigenvalue weighted by Crippen LogP contribution is 2.67. The number of ether oxygens (including phenoxy) is 1. The fourth-order valence-corrected chi connectivity index (χ4v) is 6.26. The molecule has 14 nitrogen and oxygen atoms in total. The first-order valence-electron chi connectivity index (χ1n) is 16.8. The minimum atomic E-state index is -4.64. The molecular weight excluding hydrogens is 721 g/mol. The summed E-state index contributed by atoms with van der Waals surface area (Å²) in [5.74, 6) is -3.78. The van der Waals surface area contributed by atoms with Crippen molar-refractivity contribution in [2.45, 2.75) is 64.7 Å². The van der Waals surface area contributed by atoms with Crippen LogP contribution in [-0.2, 0) is 19.9 Å². The van der Waals surface area contributed by atoms with Crippen LogP contribution in [0.4, 0.5) is 30.8 Å². The highest BCUT2D eigenvalue weighted by atomic mass is 35.5. The molecule has 2 saturated carbocycles. The number of hydrogen-bond donors (Lipinski definition) is 6. The smallest absolute Gasteiger partial charge is 0.422 e. The maximum Gasteiger partial charge on any atom is 0.422 e. The Balaban J connectivity index is 1.17. The molecule has 3 aromatic rings. The monoisotopic (exact) mass is 760 g/mol. The van der Waals surface area contributed by atoms with E-state index in [4.69, 9.17) is 16.3 Å². The number of benzene rings is 2. The third kappa shape index (κ3) is 9.63. The van der Waals surface area contributed by atoms with Gasteiger partial charge in [0.15, 0.2) is 6.61 Å². The van der Waals surface area contributed by atoms with Crippen LogP contribution in [0.3, 0.4) is 0 Å². The number of aliphatic carboxylic acids is 1. The van der Waals surface area contributed by atoms with Crippen molar-refractivity contribution < 1.29 is 42.2 Å². The number of carbonyl (C=O) groups excluding carboxylic acids is 3. The molecule has 0 unspecified atom stereocenters. The van der Waals surface area contributed by atoms with Crippen LogP contribution >= 0.6 is 11.6 Å². The van der Waals surface area contributed by atoms with E-state index >= 15 is 0 Å². The Bertz CT molecular complexity index is 1840. The maximum atomic E-state index is 12.9. The molecule has 0 radical (unpaired) electrons. The van der Waals surface area contributed by atoms with Crippen molar-refractivity contribution in [3.05, 3.63) is 64.7 Å². The summed E-state index contributed by atoms with van der Waals surface area (Å²) in [6.07, 6.45) is -3.42. The minimum Gasteiger partial charge on any atom is -0.480 e. The van der Waals surface area contributed by atoms with Crippen molar-refractivity contribution in [3.8, 4) is 6.01 Å². The first-order chi connectivity index (χ1) is 24.8. The SMILES string of the molecule is CC1(C)C(CNC(=O)C(=O)NCC[C@@H](NC(=O)c2ccc(Nc3nc(NC4(c5ccc(Cl)cc5)CC4)nc(OCC(F)(F)F)n3)cc2)C(=O)O)C1(C)C. The Morgan fingerprint density at radius 3 is 2.08 bits per heavy atom. The first-order valence-corrected chi connectivity index (χ1v) is 17.1. The standard InChI is InChI=1S/C35H40ClF3N8O6/c1-32(2)24(33(32,3)4)17-41-27(50)26(49)40-16-13-23(28(51)52)43-25(48)19-5-11-22(12-6-19)42-29-44-30(46-31(45-29)53-18-35(37,38)39)47-34(14-15-34)20-7-9-21(36)10-8-20/h5-12,23-24H,13-18H2,1-4H3,(H,40,49)(H,41,50)(H,43,48)(H,51,52)(H2,42,44,45,46,47)/t23-/m1/s1. The summed E-state index contributed by atoms with van der Waals surface area (Å²) in [4.78, 5) is 61.6. The molecule has 0 spiro atoms. The number of nitrogens with zero attached hydrogens (tertiary/aromatic N) is 3. The second-order valence-corrected chi connectivity index (χ2v) is 14.6. The van der Waals surface area contributed by atoms with Gasteiger partial charge in [0, 0.05) is 29.4 Å². The molecule has 0 aliphatic heterocycles. The minimum absolute atomic E-state index is 0.0247. The zero-order valence-electron chi connectivity index (χ0n) is 29.4. The first kappa shape index (κ1) is 39.0. The van der Waals surface area contributed by atoms with E-state index in [-0.39, 0.29) is 47.2 Å². The van der Waals surface area contributed by atoms with Gasteiger partial charge in [-0.3, -0.25) is 14.4 Å². The summed E-state index contributed by atoms with van der Waals surface area (Å²) >= 11 is 6.02. The Morgan fingerprint density at radius 2 is 1.51 bits per heavy atom. The fraction of sp³-hybridized carbons (Fsp3) is 0.457. The lowest BCUT2D eigenvalue weighted by Gasteiger charge is -2.19. The van der Waals surface area contributed by atoms with E-state index in [0.29, 0.717) is 30.1 Å². The zero-order chi connectivity index (χ0) is 38.8. The molecule has 0 bridgehead atoms. The number of amides is 3. The number of carboxylic acids is 1. The molecule has 2 aromatic carbocycles. The highest BCUT2D eigenvalue weighted by Gasteiger charge is 2.64. The number of carbonyl (C=O) groups is 4. The third-order valence-electron chi connectivity index (χ3n) is 10.2. The Labute approximate surface area is 308 Å². The van der Waals surface area contributed by atoms with Crippen LogP contribution in [0.1, 0.15) is 62.9 Å². The number of aromatic nitrogens is 3. The van der Waals surface area contributed by atoms with E-state index < -0.39 is 54.1 Å². The molecular formula is C35H40ClF3N8O6. The second kappa shape index (κ2) is 15.0. The lowest BCUT2D eigenvalue weighted by Crippen LogP contribution is -2.45. The van der Waals surface area contributed by atoms with Crippen molar-refractivity contribution in [3.63, 3.8) is 0 Å². The van der Waals surface area contributed by atoms with Gasteiger partial charge in [-0.1, -0.05) is 51.4 Å². The normalized spacial score (nSPS) is 17.1. The van der Waals surface area contributed by atoms with Crippen molar-refractivity contribution >= 4 is 52.9 Å². The number of hydrogen-bond acceptors (Lipinski definition) is 10. The van der Waals surface area contributed by atoms with E-state index in [0.717, 1.165) is 5.56 Å². The molecule has 1 aromatic heterocycles. The van der Waals surface area contributed by atoms with Crippen LogP contribution in [0, 0.1) is 16.7 Å². The lowest BCUT2D eigenvalue weighted by atomic mass is 10.0. The number of halogens is 4. The van der Waals surface area contributed by atoms with Gasteiger partial charge < -0.3 is 36.4 Å². The van der Waals surface area contributed by atoms with E-state index in [1.165, 1.54) is 24.3 Å². The summed E-state index contributed by atoms with van der Waals surface area (Å²) in [6, 6.07) is 10.8. The van der Waals surface area contributed by atoms with Crippen molar-refractivity contribution in [2.75, 3.05) is 30.3 Å². The molecule has 0 saturated heterocycles. The Morgan fingerprint density at radius 1 is 0.906 bits per heavy atom. The van der Waals surface area contributed by atoms with Crippen LogP contribution in [-0.4, -0.2) is 75.7 Å². The molecule has 2 aliphatic rings. The largest absolute Gasteiger partial charge is 0.480 e. The van der Waals surface area contributed by atoms with Crippen molar-refractivity contribution in [1.29, 1.82) is 0 Å². The van der Waals surface area contributed by atoms with E-state index in [2.05, 4.69) is 69.2 Å². The summed E-state index contributed by atoms with van der Waals surface area (Å²) in [6.45, 7) is 6.88. The molecule has 53 heavy (non-hydrogen) atoms. The second-order valence-electron chi connectivity index (χ2n) is 14.2. The van der Waals surface area contributed by atoms with Crippen LogP contribution < -0.4 is 31.3 Å². The lowest BCUT2D eigenvalue weighted by molar-refractivity contribution is -0.154. The zero-order valence-corrected chi connectivity index (χ0v) is 30.1. The molecule has 18 heteroatoms. The Kier molecular flexibility index (Phi) is 11.1. The molecule has 2 aliphatic carbocycles. The molecule has 3 amide bonds. The number of anilines is 3. The average molecular weight is 761 g/mol. The molecule has 1 atom stereocenters. The molecule has 284 valence electrons. The third-order valence-corrected chi connectivity index (χ3v) is 10.4.